The molecule has 0 saturated carbocycles. The Morgan fingerprint density at radius 2 is 2.35 bits per heavy atom. The first-order valence-electron chi connectivity index (χ1n) is 7.07. The second kappa shape index (κ2) is 6.72. The Morgan fingerprint density at radius 3 is 3.05 bits per heavy atom. The van der Waals surface area contributed by atoms with Crippen molar-refractivity contribution in [3.63, 3.8) is 0 Å². The summed E-state index contributed by atoms with van der Waals surface area (Å²) >= 11 is 0. The van der Waals surface area contributed by atoms with Crippen LogP contribution in [-0.4, -0.2) is 42.2 Å². The van der Waals surface area contributed by atoms with Crippen molar-refractivity contribution in [2.45, 2.75) is 19.8 Å². The average Bonchev–Trinajstić information content (AvgIpc) is 2.43. The van der Waals surface area contributed by atoms with Crippen molar-refractivity contribution in [2.24, 2.45) is 5.92 Å². The van der Waals surface area contributed by atoms with Gasteiger partial charge < -0.3 is 16.2 Å². The molecule has 20 heavy (non-hydrogen) atoms. The lowest BCUT2D eigenvalue weighted by atomic mass is 9.99. The van der Waals surface area contributed by atoms with Crippen LogP contribution >= 0.6 is 0 Å². The quantitative estimate of drug-likeness (QED) is 0.723. The largest absolute Gasteiger partial charge is 0.398 e. The SMILES string of the molecule is Cc1ccc(NC(=O)CN2CCCC(CO)C2)cc1N. The average molecular weight is 277 g/mol. The molecule has 1 saturated heterocycles. The van der Waals surface area contributed by atoms with Crippen LogP contribution in [0.4, 0.5) is 11.4 Å². The lowest BCUT2D eigenvalue weighted by Crippen LogP contribution is -2.41. The van der Waals surface area contributed by atoms with Crippen LogP contribution in [-0.2, 0) is 4.79 Å². The van der Waals surface area contributed by atoms with Gasteiger partial charge in [-0.2, -0.15) is 0 Å². The predicted molar refractivity (Wildman–Crippen MR) is 80.5 cm³/mol. The van der Waals surface area contributed by atoms with Crippen LogP contribution in [0.15, 0.2) is 18.2 Å². The first-order chi connectivity index (χ1) is 9.58. The zero-order valence-electron chi connectivity index (χ0n) is 11.9. The summed E-state index contributed by atoms with van der Waals surface area (Å²) < 4.78 is 0. The van der Waals surface area contributed by atoms with Gasteiger partial charge in [0.2, 0.25) is 5.91 Å². The fraction of sp³-hybridized carbons (Fsp3) is 0.533. The van der Waals surface area contributed by atoms with E-state index in [0.29, 0.717) is 18.2 Å². The molecule has 1 aliphatic rings. The smallest absolute Gasteiger partial charge is 0.238 e. The molecule has 1 fully saturated rings. The fourth-order valence-electron chi connectivity index (χ4n) is 2.57. The van der Waals surface area contributed by atoms with E-state index in [1.54, 1.807) is 6.07 Å². The molecule has 0 aromatic heterocycles. The van der Waals surface area contributed by atoms with Crippen molar-refractivity contribution >= 4 is 17.3 Å². The number of carbonyl (C=O) groups is 1. The molecule has 110 valence electrons. The van der Waals surface area contributed by atoms with Gasteiger partial charge in [0.05, 0.1) is 6.54 Å². The standard InChI is InChI=1S/C15H23N3O2/c1-11-4-5-13(7-14(11)16)17-15(20)9-18-6-2-3-12(8-18)10-19/h4-5,7,12,19H,2-3,6,8-10,16H2,1H3,(H,17,20). The van der Waals surface area contributed by atoms with Gasteiger partial charge in [0.25, 0.3) is 0 Å². The summed E-state index contributed by atoms with van der Waals surface area (Å²) in [5.74, 6) is 0.262. The molecule has 4 N–H and O–H groups in total. The zero-order chi connectivity index (χ0) is 14.5. The number of nitrogens with one attached hydrogen (secondary N) is 1. The molecule has 1 aromatic rings. The molecule has 1 aromatic carbocycles. The summed E-state index contributed by atoms with van der Waals surface area (Å²) in [5.41, 5.74) is 8.24. The number of nitrogens with zero attached hydrogens (tertiary/aromatic N) is 1. The molecule has 2 rings (SSSR count). The van der Waals surface area contributed by atoms with Gasteiger partial charge in [-0.25, -0.2) is 0 Å². The Balaban J connectivity index is 1.87. The van der Waals surface area contributed by atoms with Crippen molar-refractivity contribution in [2.75, 3.05) is 37.3 Å². The normalized spacial score (nSPS) is 19.8. The van der Waals surface area contributed by atoms with E-state index < -0.39 is 0 Å². The maximum atomic E-state index is 12.0. The lowest BCUT2D eigenvalue weighted by Gasteiger charge is -2.31. The molecule has 1 unspecified atom stereocenters. The highest BCUT2D eigenvalue weighted by atomic mass is 16.3. The number of likely N-dealkylation sites (tertiary alicyclic amines) is 1. The van der Waals surface area contributed by atoms with Crippen molar-refractivity contribution in [3.8, 4) is 0 Å². The van der Waals surface area contributed by atoms with Crippen LogP contribution in [0.5, 0.6) is 0 Å². The van der Waals surface area contributed by atoms with Gasteiger partial charge in [-0.1, -0.05) is 6.07 Å². The van der Waals surface area contributed by atoms with Crippen molar-refractivity contribution < 1.29 is 9.90 Å². The van der Waals surface area contributed by atoms with Gasteiger partial charge in [-0.05, 0) is 49.9 Å². The fourth-order valence-corrected chi connectivity index (χ4v) is 2.57. The molecule has 0 aliphatic carbocycles. The summed E-state index contributed by atoms with van der Waals surface area (Å²) in [6.07, 6.45) is 2.08. The summed E-state index contributed by atoms with van der Waals surface area (Å²) in [5, 5.41) is 12.1. The van der Waals surface area contributed by atoms with Gasteiger partial charge in [0, 0.05) is 24.5 Å². The van der Waals surface area contributed by atoms with Crippen molar-refractivity contribution in [1.82, 2.24) is 4.90 Å². The molecule has 1 aliphatic heterocycles. The summed E-state index contributed by atoms with van der Waals surface area (Å²) in [6, 6.07) is 5.53. The highest BCUT2D eigenvalue weighted by molar-refractivity contribution is 5.92. The first kappa shape index (κ1) is 14.8. The second-order valence-electron chi connectivity index (χ2n) is 5.55. The predicted octanol–water partition coefficient (Wildman–Crippen LogP) is 1.22. The summed E-state index contributed by atoms with van der Waals surface area (Å²) in [4.78, 5) is 14.1. The number of nitrogen functional groups attached to an aromatic ring is 1. The van der Waals surface area contributed by atoms with E-state index in [-0.39, 0.29) is 12.5 Å². The number of aliphatic hydroxyl groups is 1. The summed E-state index contributed by atoms with van der Waals surface area (Å²) in [7, 11) is 0. The number of benzene rings is 1. The Morgan fingerprint density at radius 1 is 1.55 bits per heavy atom. The molecule has 0 spiro atoms. The van der Waals surface area contributed by atoms with Crippen molar-refractivity contribution in [1.29, 1.82) is 0 Å². The molecule has 0 radical (unpaired) electrons. The van der Waals surface area contributed by atoms with E-state index in [4.69, 9.17) is 5.73 Å². The van der Waals surface area contributed by atoms with Gasteiger partial charge in [0.1, 0.15) is 0 Å². The third-order valence-corrected chi connectivity index (χ3v) is 3.79. The molecular weight excluding hydrogens is 254 g/mol. The third-order valence-electron chi connectivity index (χ3n) is 3.79. The highest BCUT2D eigenvalue weighted by Gasteiger charge is 2.20. The Hall–Kier alpha value is -1.59. The van der Waals surface area contributed by atoms with Crippen LogP contribution in [0.2, 0.25) is 0 Å². The maximum Gasteiger partial charge on any atom is 0.238 e. The van der Waals surface area contributed by atoms with E-state index >= 15 is 0 Å². The number of piperidine rings is 1. The molecule has 1 heterocycles. The molecule has 5 heteroatoms. The topological polar surface area (TPSA) is 78.6 Å². The number of hydrogen-bond acceptors (Lipinski definition) is 4. The Labute approximate surface area is 119 Å². The highest BCUT2D eigenvalue weighted by Crippen LogP contribution is 2.18. The van der Waals surface area contributed by atoms with Gasteiger partial charge >= 0.3 is 0 Å². The number of aryl methyl sites for hydroxylation is 1. The van der Waals surface area contributed by atoms with Gasteiger partial charge in [0.15, 0.2) is 0 Å². The molecule has 1 amide bonds. The van der Waals surface area contributed by atoms with E-state index in [1.165, 1.54) is 0 Å². The van der Waals surface area contributed by atoms with Crippen LogP contribution in [0, 0.1) is 12.8 Å². The zero-order valence-corrected chi connectivity index (χ0v) is 11.9. The van der Waals surface area contributed by atoms with Crippen LogP contribution in [0.3, 0.4) is 0 Å². The molecule has 0 bridgehead atoms. The van der Waals surface area contributed by atoms with Crippen LogP contribution in [0.1, 0.15) is 18.4 Å². The maximum absolute atomic E-state index is 12.0. The third kappa shape index (κ3) is 3.95. The van der Waals surface area contributed by atoms with Gasteiger partial charge in [-0.3, -0.25) is 9.69 Å². The number of nitrogens with two attached hydrogens (primary N) is 1. The second-order valence-corrected chi connectivity index (χ2v) is 5.55. The number of aliphatic hydroxyl groups excluding tert-OH is 1. The van der Waals surface area contributed by atoms with Crippen molar-refractivity contribution in [3.05, 3.63) is 23.8 Å². The minimum Gasteiger partial charge on any atom is -0.398 e. The minimum absolute atomic E-state index is 0.0353. The Kier molecular flexibility index (Phi) is 4.98. The number of anilines is 2. The summed E-state index contributed by atoms with van der Waals surface area (Å²) in [6.45, 7) is 4.21. The number of amides is 1. The van der Waals surface area contributed by atoms with E-state index in [1.807, 2.05) is 19.1 Å². The van der Waals surface area contributed by atoms with Crippen LogP contribution in [0.25, 0.3) is 0 Å². The van der Waals surface area contributed by atoms with E-state index in [0.717, 1.165) is 37.2 Å². The number of rotatable bonds is 4. The van der Waals surface area contributed by atoms with Gasteiger partial charge in [-0.15, -0.1) is 0 Å². The first-order valence-corrected chi connectivity index (χ1v) is 7.07. The lowest BCUT2D eigenvalue weighted by molar-refractivity contribution is -0.117. The Bertz CT molecular complexity index is 476. The molecule has 5 nitrogen and oxygen atoms in total. The minimum atomic E-state index is -0.0353. The van der Waals surface area contributed by atoms with E-state index in [9.17, 15) is 9.90 Å². The van der Waals surface area contributed by atoms with E-state index in [2.05, 4.69) is 10.2 Å². The number of hydrogen-bond donors (Lipinski definition) is 3. The molecule has 1 atom stereocenters. The van der Waals surface area contributed by atoms with Crippen LogP contribution < -0.4 is 11.1 Å². The monoisotopic (exact) mass is 277 g/mol. The number of carbonyl (C=O) groups excluding carboxylic acids is 1. The molecular formula is C15H23N3O2.